The quantitative estimate of drug-likeness (QED) is 0.345. The summed E-state index contributed by atoms with van der Waals surface area (Å²) in [5.41, 5.74) is 6.20. The molecule has 0 atom stereocenters. The molecule has 0 saturated carbocycles. The van der Waals surface area contributed by atoms with Gasteiger partial charge in [0.25, 0.3) is 0 Å². The summed E-state index contributed by atoms with van der Waals surface area (Å²) < 4.78 is 13.2. The number of hydrogen-bond acceptors (Lipinski definition) is 5. The first-order chi connectivity index (χ1) is 14.2. The van der Waals surface area contributed by atoms with Gasteiger partial charge in [0, 0.05) is 20.1 Å². The van der Waals surface area contributed by atoms with Crippen LogP contribution in [0.25, 0.3) is 0 Å². The maximum atomic E-state index is 12.0. The van der Waals surface area contributed by atoms with Gasteiger partial charge in [0.1, 0.15) is 11.5 Å². The number of nitrogens with zero attached hydrogens (tertiary/aromatic N) is 2. The van der Waals surface area contributed by atoms with Gasteiger partial charge in [0.05, 0.1) is 24.6 Å². The second-order valence-electron chi connectivity index (χ2n) is 6.77. The van der Waals surface area contributed by atoms with Crippen LogP contribution in [0.5, 0.6) is 11.5 Å². The molecule has 2 aromatic rings. The number of carbonyl (C=O) groups is 1. The summed E-state index contributed by atoms with van der Waals surface area (Å²) in [4.78, 5) is 12.0. The molecule has 9 heteroatoms. The Morgan fingerprint density at radius 2 is 1.23 bits per heavy atom. The Kier molecular flexibility index (Phi) is 9.32. The van der Waals surface area contributed by atoms with Crippen LogP contribution in [-0.2, 0) is 0 Å². The van der Waals surface area contributed by atoms with Crippen molar-refractivity contribution >= 4 is 50.3 Å². The molecule has 2 amide bonds. The van der Waals surface area contributed by atoms with Crippen molar-refractivity contribution in [2.24, 2.45) is 10.2 Å². The van der Waals surface area contributed by atoms with Gasteiger partial charge in [-0.1, -0.05) is 31.9 Å². The molecule has 0 spiro atoms. The van der Waals surface area contributed by atoms with Crippen molar-refractivity contribution in [2.75, 3.05) is 0 Å². The van der Waals surface area contributed by atoms with E-state index < -0.39 is 6.03 Å². The second kappa shape index (κ2) is 11.7. The summed E-state index contributed by atoms with van der Waals surface area (Å²) in [5.74, 6) is 1.34. The van der Waals surface area contributed by atoms with E-state index in [9.17, 15) is 4.79 Å². The van der Waals surface area contributed by atoms with Crippen LogP contribution in [0.1, 0.15) is 38.8 Å². The van der Waals surface area contributed by atoms with E-state index in [1.165, 1.54) is 12.4 Å². The van der Waals surface area contributed by atoms with Gasteiger partial charge in [-0.15, -0.1) is 0 Å². The molecule has 0 aliphatic carbocycles. The maximum absolute atomic E-state index is 12.0. The first kappa shape index (κ1) is 23.9. The first-order valence-electron chi connectivity index (χ1n) is 9.29. The van der Waals surface area contributed by atoms with Gasteiger partial charge in [-0.05, 0) is 64.1 Å². The van der Waals surface area contributed by atoms with E-state index in [0.29, 0.717) is 11.5 Å². The molecule has 2 aromatic carbocycles. The van der Waals surface area contributed by atoms with Crippen LogP contribution in [0.4, 0.5) is 4.79 Å². The highest BCUT2D eigenvalue weighted by Gasteiger charge is 2.06. The monoisotopic (exact) mass is 538 g/mol. The maximum Gasteiger partial charge on any atom is 0.355 e. The zero-order valence-electron chi connectivity index (χ0n) is 17.1. The lowest BCUT2D eigenvalue weighted by molar-refractivity contribution is 0.240. The average molecular weight is 540 g/mol. The molecule has 2 N–H and O–H groups in total. The minimum Gasteiger partial charge on any atom is -0.490 e. The van der Waals surface area contributed by atoms with E-state index in [1.54, 1.807) is 0 Å². The molecule has 0 unspecified atom stereocenters. The number of ether oxygens (including phenoxy) is 2. The SMILES string of the molecule is CC(C)Oc1ccc(Br)cc1/C=N/NC(=O)N/N=C/c1cc(Br)ccc1OC(C)C. The van der Waals surface area contributed by atoms with E-state index >= 15 is 0 Å². The molecule has 0 aromatic heterocycles. The molecule has 0 aliphatic rings. The van der Waals surface area contributed by atoms with E-state index in [4.69, 9.17) is 9.47 Å². The highest BCUT2D eigenvalue weighted by molar-refractivity contribution is 9.10. The van der Waals surface area contributed by atoms with Gasteiger partial charge < -0.3 is 9.47 Å². The lowest BCUT2D eigenvalue weighted by Crippen LogP contribution is -2.28. The van der Waals surface area contributed by atoms with E-state index in [2.05, 4.69) is 52.9 Å². The normalized spacial score (nSPS) is 11.5. The van der Waals surface area contributed by atoms with E-state index in [-0.39, 0.29) is 12.2 Å². The number of rotatable bonds is 8. The third-order valence-electron chi connectivity index (χ3n) is 3.41. The van der Waals surface area contributed by atoms with E-state index in [0.717, 1.165) is 20.1 Å². The third-order valence-corrected chi connectivity index (χ3v) is 4.39. The highest BCUT2D eigenvalue weighted by Crippen LogP contribution is 2.23. The molecular formula is C21H24Br2N4O3. The van der Waals surface area contributed by atoms with Crippen LogP contribution >= 0.6 is 31.9 Å². The molecule has 7 nitrogen and oxygen atoms in total. The van der Waals surface area contributed by atoms with Gasteiger partial charge in [-0.2, -0.15) is 10.2 Å². The predicted molar refractivity (Wildman–Crippen MR) is 127 cm³/mol. The molecule has 160 valence electrons. The summed E-state index contributed by atoms with van der Waals surface area (Å²) in [6.07, 6.45) is 3.06. The van der Waals surface area contributed by atoms with Crippen molar-refractivity contribution in [3.63, 3.8) is 0 Å². The molecule has 0 fully saturated rings. The van der Waals surface area contributed by atoms with Crippen LogP contribution < -0.4 is 20.3 Å². The fraction of sp³-hybridized carbons (Fsp3) is 0.286. The number of nitrogens with one attached hydrogen (secondary N) is 2. The lowest BCUT2D eigenvalue weighted by atomic mass is 10.2. The molecule has 2 rings (SSSR count). The minimum atomic E-state index is -0.579. The lowest BCUT2D eigenvalue weighted by Gasteiger charge is -2.12. The number of carbonyl (C=O) groups excluding carboxylic acids is 1. The Labute approximate surface area is 193 Å². The molecule has 0 radical (unpaired) electrons. The molecule has 0 saturated heterocycles. The number of urea groups is 1. The minimum absolute atomic E-state index is 0.0199. The average Bonchev–Trinajstić information content (AvgIpc) is 2.65. The molecule has 0 bridgehead atoms. The van der Waals surface area contributed by atoms with E-state index in [1.807, 2.05) is 64.1 Å². The standard InChI is InChI=1S/C21H24Br2N4O3/c1-13(2)29-19-7-5-17(22)9-15(19)11-24-26-21(28)27-25-12-16-10-18(23)6-8-20(16)30-14(3)4/h5-14H,1-4H3,(H2,26,27,28)/b24-11+,25-12+. The van der Waals surface area contributed by atoms with Crippen molar-refractivity contribution < 1.29 is 14.3 Å². The smallest absolute Gasteiger partial charge is 0.355 e. The Bertz CT molecular complexity index is 857. The van der Waals surface area contributed by atoms with Gasteiger partial charge in [-0.25, -0.2) is 15.6 Å². The topological polar surface area (TPSA) is 84.3 Å². The zero-order chi connectivity index (χ0) is 22.1. The van der Waals surface area contributed by atoms with Crippen molar-refractivity contribution in [3.05, 3.63) is 56.5 Å². The van der Waals surface area contributed by atoms with Crippen molar-refractivity contribution in [3.8, 4) is 11.5 Å². The number of benzene rings is 2. The Morgan fingerprint density at radius 1 is 0.833 bits per heavy atom. The summed E-state index contributed by atoms with van der Waals surface area (Å²) in [6, 6.07) is 10.6. The van der Waals surface area contributed by atoms with Crippen molar-refractivity contribution in [2.45, 2.75) is 39.9 Å². The highest BCUT2D eigenvalue weighted by atomic mass is 79.9. The number of amides is 2. The van der Waals surface area contributed by atoms with Crippen LogP contribution in [0.15, 0.2) is 55.5 Å². The molecule has 0 aliphatic heterocycles. The van der Waals surface area contributed by atoms with Gasteiger partial charge in [0.2, 0.25) is 0 Å². The fourth-order valence-corrected chi connectivity index (χ4v) is 3.07. The van der Waals surface area contributed by atoms with Crippen LogP contribution in [0, 0.1) is 0 Å². The number of hydrogen-bond donors (Lipinski definition) is 2. The summed E-state index contributed by atoms with van der Waals surface area (Å²) in [7, 11) is 0. The third kappa shape index (κ3) is 8.16. The summed E-state index contributed by atoms with van der Waals surface area (Å²) in [6.45, 7) is 7.76. The van der Waals surface area contributed by atoms with Crippen LogP contribution in [0.3, 0.4) is 0 Å². The zero-order valence-corrected chi connectivity index (χ0v) is 20.3. The van der Waals surface area contributed by atoms with Crippen molar-refractivity contribution in [1.29, 1.82) is 0 Å². The summed E-state index contributed by atoms with van der Waals surface area (Å²) >= 11 is 6.83. The molecule has 30 heavy (non-hydrogen) atoms. The molecular weight excluding hydrogens is 516 g/mol. The van der Waals surface area contributed by atoms with Gasteiger partial charge in [-0.3, -0.25) is 0 Å². The number of halogens is 2. The van der Waals surface area contributed by atoms with Crippen LogP contribution in [-0.4, -0.2) is 30.7 Å². The van der Waals surface area contributed by atoms with Gasteiger partial charge >= 0.3 is 6.03 Å². The largest absolute Gasteiger partial charge is 0.490 e. The number of hydrazone groups is 2. The first-order valence-corrected chi connectivity index (χ1v) is 10.9. The molecule has 0 heterocycles. The van der Waals surface area contributed by atoms with Crippen molar-refractivity contribution in [1.82, 2.24) is 10.9 Å². The Morgan fingerprint density at radius 3 is 1.60 bits per heavy atom. The summed E-state index contributed by atoms with van der Waals surface area (Å²) in [5, 5.41) is 7.91. The fourth-order valence-electron chi connectivity index (χ4n) is 2.31. The van der Waals surface area contributed by atoms with Crippen LogP contribution in [0.2, 0.25) is 0 Å². The predicted octanol–water partition coefficient (Wildman–Crippen LogP) is 5.45. The second-order valence-corrected chi connectivity index (χ2v) is 8.60. The Hall–Kier alpha value is -2.39. The van der Waals surface area contributed by atoms with Gasteiger partial charge in [0.15, 0.2) is 0 Å². The Balaban J connectivity index is 1.98.